The van der Waals surface area contributed by atoms with Crippen molar-refractivity contribution in [1.29, 1.82) is 0 Å². The van der Waals surface area contributed by atoms with E-state index in [0.717, 1.165) is 17.5 Å². The quantitative estimate of drug-likeness (QED) is 0.484. The summed E-state index contributed by atoms with van der Waals surface area (Å²) in [5, 5.41) is 2.84. The number of nitrogens with one attached hydrogen (secondary N) is 2. The molecule has 0 saturated carbocycles. The fourth-order valence-corrected chi connectivity index (χ4v) is 4.92. The van der Waals surface area contributed by atoms with E-state index >= 15 is 0 Å². The Balaban J connectivity index is 1.75. The summed E-state index contributed by atoms with van der Waals surface area (Å²) >= 11 is 0. The molecule has 0 radical (unpaired) electrons. The van der Waals surface area contributed by atoms with Crippen molar-refractivity contribution in [2.75, 3.05) is 15.8 Å². The topological polar surface area (TPSA) is 102 Å². The molecule has 8 nitrogen and oxygen atoms in total. The van der Waals surface area contributed by atoms with Crippen LogP contribution in [-0.4, -0.2) is 29.2 Å². The Morgan fingerprint density at radius 3 is 2.16 bits per heavy atom. The minimum Gasteiger partial charge on any atom is -0.326 e. The Labute approximate surface area is 188 Å². The second-order valence-electron chi connectivity index (χ2n) is 7.77. The first-order chi connectivity index (χ1) is 15.3. The number of aromatic nitrogens is 2. The van der Waals surface area contributed by atoms with Crippen molar-refractivity contribution < 1.29 is 13.2 Å². The van der Waals surface area contributed by atoms with Gasteiger partial charge in [0.25, 0.3) is 0 Å². The molecule has 1 amide bonds. The first kappa shape index (κ1) is 23.6. The fourth-order valence-electron chi connectivity index (χ4n) is 3.72. The molecule has 0 saturated heterocycles. The SMILES string of the molecule is CCCn1c(=O)n(CCC(=O)Nc2cccc(NS(=O)(=O)CCC)c2C)c2ccccc21. The van der Waals surface area contributed by atoms with Gasteiger partial charge in [0.2, 0.25) is 15.9 Å². The standard InChI is InChI=1S/C23H30N4O4S/c1-4-14-26-20-11-6-7-12-21(20)27(23(26)29)15-13-22(28)24-18-9-8-10-19(17(18)3)25-32(30,31)16-5-2/h6-12,25H,4-5,13-16H2,1-3H3,(H,24,28). The number of carbonyl (C=O) groups is 1. The largest absolute Gasteiger partial charge is 0.329 e. The second-order valence-corrected chi connectivity index (χ2v) is 9.61. The Morgan fingerprint density at radius 2 is 1.53 bits per heavy atom. The number of para-hydroxylation sites is 2. The van der Waals surface area contributed by atoms with E-state index in [-0.39, 0.29) is 30.3 Å². The summed E-state index contributed by atoms with van der Waals surface area (Å²) in [6.07, 6.45) is 1.47. The van der Waals surface area contributed by atoms with Gasteiger partial charge >= 0.3 is 5.69 Å². The van der Waals surface area contributed by atoms with Gasteiger partial charge in [-0.2, -0.15) is 0 Å². The van der Waals surface area contributed by atoms with Crippen molar-refractivity contribution in [2.24, 2.45) is 0 Å². The maximum Gasteiger partial charge on any atom is 0.329 e. The average molecular weight is 459 g/mol. The molecule has 0 unspecified atom stereocenters. The predicted molar refractivity (Wildman–Crippen MR) is 129 cm³/mol. The number of imidazole rings is 1. The van der Waals surface area contributed by atoms with Crippen LogP contribution in [-0.2, 0) is 27.9 Å². The number of nitrogens with zero attached hydrogens (tertiary/aromatic N) is 2. The van der Waals surface area contributed by atoms with Crippen molar-refractivity contribution in [3.05, 3.63) is 58.5 Å². The Kier molecular flexibility index (Phi) is 7.40. The molecule has 32 heavy (non-hydrogen) atoms. The molecule has 2 N–H and O–H groups in total. The summed E-state index contributed by atoms with van der Waals surface area (Å²) in [4.78, 5) is 25.5. The highest BCUT2D eigenvalue weighted by Gasteiger charge is 2.15. The highest BCUT2D eigenvalue weighted by molar-refractivity contribution is 7.92. The molecule has 3 aromatic rings. The minimum absolute atomic E-state index is 0.0312. The van der Waals surface area contributed by atoms with Crippen LogP contribution in [0.4, 0.5) is 11.4 Å². The minimum atomic E-state index is -3.43. The van der Waals surface area contributed by atoms with Crippen LogP contribution in [0.5, 0.6) is 0 Å². The Morgan fingerprint density at radius 1 is 0.906 bits per heavy atom. The summed E-state index contributed by atoms with van der Waals surface area (Å²) in [6, 6.07) is 12.7. The maximum absolute atomic E-state index is 12.9. The first-order valence-electron chi connectivity index (χ1n) is 10.9. The zero-order valence-corrected chi connectivity index (χ0v) is 19.5. The highest BCUT2D eigenvalue weighted by atomic mass is 32.2. The monoisotopic (exact) mass is 458 g/mol. The normalized spacial score (nSPS) is 11.6. The third-order valence-corrected chi connectivity index (χ3v) is 6.76. The predicted octanol–water partition coefficient (Wildman–Crippen LogP) is 3.70. The van der Waals surface area contributed by atoms with Gasteiger partial charge in [0.05, 0.1) is 22.5 Å². The highest BCUT2D eigenvalue weighted by Crippen LogP contribution is 2.24. The van der Waals surface area contributed by atoms with Gasteiger partial charge in [-0.05, 0) is 49.6 Å². The zero-order chi connectivity index (χ0) is 23.3. The van der Waals surface area contributed by atoms with E-state index in [1.54, 1.807) is 41.2 Å². The van der Waals surface area contributed by atoms with Crippen molar-refractivity contribution in [3.8, 4) is 0 Å². The fraction of sp³-hybridized carbons (Fsp3) is 0.391. The number of amides is 1. The number of benzene rings is 2. The molecule has 0 bridgehead atoms. The van der Waals surface area contributed by atoms with E-state index in [2.05, 4.69) is 10.0 Å². The van der Waals surface area contributed by atoms with Crippen LogP contribution in [0.15, 0.2) is 47.3 Å². The van der Waals surface area contributed by atoms with E-state index < -0.39 is 10.0 Å². The van der Waals surface area contributed by atoms with Gasteiger partial charge in [0, 0.05) is 25.2 Å². The Bertz CT molecular complexity index is 1270. The molecule has 0 aliphatic rings. The smallest absolute Gasteiger partial charge is 0.326 e. The molecular formula is C23H30N4O4S. The number of hydrogen-bond donors (Lipinski definition) is 2. The molecule has 9 heteroatoms. The van der Waals surface area contributed by atoms with Crippen LogP contribution in [0.1, 0.15) is 38.7 Å². The lowest BCUT2D eigenvalue weighted by atomic mass is 10.1. The number of rotatable bonds is 10. The molecule has 3 rings (SSSR count). The molecule has 2 aromatic carbocycles. The van der Waals surface area contributed by atoms with Gasteiger partial charge in [0.15, 0.2) is 0 Å². The van der Waals surface area contributed by atoms with E-state index in [1.807, 2.05) is 31.2 Å². The van der Waals surface area contributed by atoms with Gasteiger partial charge in [0.1, 0.15) is 0 Å². The van der Waals surface area contributed by atoms with Crippen molar-refractivity contribution >= 4 is 38.3 Å². The van der Waals surface area contributed by atoms with Crippen molar-refractivity contribution in [2.45, 2.75) is 53.1 Å². The maximum atomic E-state index is 12.9. The summed E-state index contributed by atoms with van der Waals surface area (Å²) in [5.41, 5.74) is 3.16. The van der Waals surface area contributed by atoms with Gasteiger partial charge in [-0.1, -0.05) is 32.0 Å². The molecule has 0 spiro atoms. The van der Waals surface area contributed by atoms with Crippen molar-refractivity contribution in [3.63, 3.8) is 0 Å². The third kappa shape index (κ3) is 5.21. The van der Waals surface area contributed by atoms with E-state index in [9.17, 15) is 18.0 Å². The summed E-state index contributed by atoms with van der Waals surface area (Å²) < 4.78 is 30.1. The third-order valence-electron chi connectivity index (χ3n) is 5.28. The van der Waals surface area contributed by atoms with E-state index in [1.165, 1.54) is 0 Å². The second kappa shape index (κ2) is 10.0. The summed E-state index contributed by atoms with van der Waals surface area (Å²) in [5.74, 6) is -0.218. The van der Waals surface area contributed by atoms with Crippen LogP contribution >= 0.6 is 0 Å². The van der Waals surface area contributed by atoms with Gasteiger partial charge < -0.3 is 5.32 Å². The molecule has 0 aliphatic carbocycles. The Hall–Kier alpha value is -3.07. The number of aryl methyl sites for hydroxylation is 2. The first-order valence-corrected chi connectivity index (χ1v) is 12.5. The number of hydrogen-bond acceptors (Lipinski definition) is 4. The van der Waals surface area contributed by atoms with Crippen LogP contribution in [0.2, 0.25) is 0 Å². The van der Waals surface area contributed by atoms with E-state index in [4.69, 9.17) is 0 Å². The van der Waals surface area contributed by atoms with Gasteiger partial charge in [-0.15, -0.1) is 0 Å². The number of carbonyl (C=O) groups excluding carboxylic acids is 1. The van der Waals surface area contributed by atoms with Crippen LogP contribution < -0.4 is 15.7 Å². The number of fused-ring (bicyclic) bond motifs is 1. The van der Waals surface area contributed by atoms with E-state index in [0.29, 0.717) is 29.9 Å². The lowest BCUT2D eigenvalue weighted by molar-refractivity contribution is -0.116. The molecule has 1 aromatic heterocycles. The summed E-state index contributed by atoms with van der Waals surface area (Å²) in [7, 11) is -3.43. The van der Waals surface area contributed by atoms with Gasteiger partial charge in [-0.3, -0.25) is 18.7 Å². The van der Waals surface area contributed by atoms with Crippen molar-refractivity contribution in [1.82, 2.24) is 9.13 Å². The van der Waals surface area contributed by atoms with Gasteiger partial charge in [-0.25, -0.2) is 13.2 Å². The lowest BCUT2D eigenvalue weighted by Gasteiger charge is -2.14. The van der Waals surface area contributed by atoms with Crippen LogP contribution in [0.25, 0.3) is 11.0 Å². The molecule has 0 aliphatic heterocycles. The lowest BCUT2D eigenvalue weighted by Crippen LogP contribution is -2.26. The van der Waals surface area contributed by atoms with Crippen LogP contribution in [0.3, 0.4) is 0 Å². The molecule has 0 atom stereocenters. The average Bonchev–Trinajstić information content (AvgIpc) is 3.01. The van der Waals surface area contributed by atoms with Crippen LogP contribution in [0, 0.1) is 6.92 Å². The number of anilines is 2. The summed E-state index contributed by atoms with van der Waals surface area (Å²) in [6.45, 7) is 6.45. The zero-order valence-electron chi connectivity index (χ0n) is 18.7. The molecular weight excluding hydrogens is 428 g/mol. The number of sulfonamides is 1. The molecule has 1 heterocycles. The molecule has 172 valence electrons. The molecule has 0 fully saturated rings.